The molecule has 7 heteroatoms. The van der Waals surface area contributed by atoms with Crippen molar-refractivity contribution < 1.29 is 30.2 Å². The molecule has 0 spiro atoms. The molecule has 0 saturated carbocycles. The zero-order valence-electron chi connectivity index (χ0n) is 29.4. The molecule has 0 radical (unpaired) electrons. The Balaban J connectivity index is 0.00000374. The summed E-state index contributed by atoms with van der Waals surface area (Å²) in [6, 6.07) is 42.5. The molecule has 51 heavy (non-hydrogen) atoms. The monoisotopic (exact) mass is 848 g/mol. The van der Waals surface area contributed by atoms with Gasteiger partial charge in [-0.1, -0.05) is 62.7 Å². The van der Waals surface area contributed by atoms with E-state index in [4.69, 9.17) is 14.1 Å². The second kappa shape index (κ2) is 12.0. The van der Waals surface area contributed by atoms with Crippen molar-refractivity contribution >= 4 is 60.8 Å². The van der Waals surface area contributed by atoms with Gasteiger partial charge in [-0.25, -0.2) is 4.98 Å². The van der Waals surface area contributed by atoms with Gasteiger partial charge in [0.2, 0.25) is 0 Å². The van der Waals surface area contributed by atoms with Crippen LogP contribution in [0.5, 0.6) is 11.5 Å². The zero-order valence-corrected chi connectivity index (χ0v) is 31.7. The predicted molar refractivity (Wildman–Crippen MR) is 204 cm³/mol. The molecule has 0 amide bonds. The van der Waals surface area contributed by atoms with Gasteiger partial charge in [0, 0.05) is 61.1 Å². The standard InChI is InChI=1S/C44H37N4O2.Pt/c1-43(2,3)28-22-23-45-40(24-28)48-37-26-31(18-19-32(37)33-20-21-39-41(42(33)48)34-14-7-10-17-38(34)50-39)49-30-13-11-12-29(25-30)46-27-47(44(4,5)6)36-16-9-8-15-35(36)46;/h7-24,27H,1-6H3;/q-3;. The van der Waals surface area contributed by atoms with Gasteiger partial charge in [0.1, 0.15) is 17.0 Å². The third-order valence-electron chi connectivity index (χ3n) is 9.58. The number of hydrogen-bond acceptors (Lipinski definition) is 5. The average Bonchev–Trinajstić information content (AvgIpc) is 3.77. The molecular weight excluding hydrogens is 812 g/mol. The van der Waals surface area contributed by atoms with Gasteiger partial charge in [0.05, 0.1) is 10.9 Å². The molecule has 6 nitrogen and oxygen atoms in total. The van der Waals surface area contributed by atoms with E-state index in [0.29, 0.717) is 11.5 Å². The molecule has 1 aliphatic heterocycles. The molecule has 3 aromatic heterocycles. The second-order valence-corrected chi connectivity index (χ2v) is 15.0. The van der Waals surface area contributed by atoms with Crippen molar-refractivity contribution in [1.82, 2.24) is 9.55 Å². The first-order valence-electron chi connectivity index (χ1n) is 17.0. The SMILES string of the molecule is CC(C)(C)c1ccnc(-n2c3[c-]c(Oc4[c-]c(N5[CH-]N(C(C)(C)C)c6ccccc65)ccc4)ccc3c3ccc4oc5ccccc5c4c32)c1.[Pt]. The smallest absolute Gasteiger partial charge is 0.137 e. The molecule has 258 valence electrons. The topological polar surface area (TPSA) is 46.7 Å². The van der Waals surface area contributed by atoms with Gasteiger partial charge in [-0.3, -0.25) is 0 Å². The molecule has 0 saturated heterocycles. The molecule has 0 fully saturated rings. The number of rotatable bonds is 4. The molecule has 4 heterocycles. The zero-order chi connectivity index (χ0) is 34.4. The molecule has 5 aromatic carbocycles. The van der Waals surface area contributed by atoms with Crippen LogP contribution in [0, 0.1) is 18.8 Å². The van der Waals surface area contributed by atoms with Gasteiger partial charge in [0.15, 0.2) is 0 Å². The molecule has 0 aliphatic carbocycles. The van der Waals surface area contributed by atoms with Crippen molar-refractivity contribution in [3.63, 3.8) is 0 Å². The van der Waals surface area contributed by atoms with Crippen molar-refractivity contribution in [2.45, 2.75) is 52.5 Å². The van der Waals surface area contributed by atoms with E-state index in [2.05, 4.69) is 148 Å². The summed E-state index contributed by atoms with van der Waals surface area (Å²) in [5.74, 6) is 2.03. The van der Waals surface area contributed by atoms with Crippen LogP contribution in [0.15, 0.2) is 114 Å². The summed E-state index contributed by atoms with van der Waals surface area (Å²) in [4.78, 5) is 9.40. The van der Waals surface area contributed by atoms with E-state index in [9.17, 15) is 0 Å². The third kappa shape index (κ3) is 5.48. The maximum Gasteiger partial charge on any atom is 0.137 e. The number of furan rings is 1. The fourth-order valence-electron chi connectivity index (χ4n) is 7.11. The van der Waals surface area contributed by atoms with E-state index in [-0.39, 0.29) is 32.0 Å². The van der Waals surface area contributed by atoms with E-state index >= 15 is 0 Å². The molecule has 8 aromatic rings. The maximum atomic E-state index is 6.56. The van der Waals surface area contributed by atoms with E-state index < -0.39 is 0 Å². The molecule has 0 unspecified atom stereocenters. The number of hydrogen-bond donors (Lipinski definition) is 0. The Labute approximate surface area is 312 Å². The number of aromatic nitrogens is 2. The minimum atomic E-state index is -0.0859. The summed E-state index contributed by atoms with van der Waals surface area (Å²) in [7, 11) is 0. The molecule has 0 N–H and O–H groups in total. The number of pyridine rings is 1. The van der Waals surface area contributed by atoms with Crippen LogP contribution in [0.2, 0.25) is 0 Å². The van der Waals surface area contributed by atoms with Gasteiger partial charge in [-0.15, -0.1) is 41.4 Å². The molecule has 1 aliphatic rings. The third-order valence-corrected chi connectivity index (χ3v) is 9.58. The fraction of sp³-hybridized carbons (Fsp3) is 0.182. The summed E-state index contributed by atoms with van der Waals surface area (Å²) in [5.41, 5.74) is 7.84. The Kier molecular flexibility index (Phi) is 7.81. The largest absolute Gasteiger partial charge is 0.509 e. The van der Waals surface area contributed by atoms with Gasteiger partial charge < -0.3 is 23.5 Å². The van der Waals surface area contributed by atoms with Crippen molar-refractivity contribution in [1.29, 1.82) is 0 Å². The number of anilines is 3. The first-order chi connectivity index (χ1) is 24.0. The minimum absolute atomic E-state index is 0. The van der Waals surface area contributed by atoms with E-state index in [1.54, 1.807) is 0 Å². The summed E-state index contributed by atoms with van der Waals surface area (Å²) in [5, 5.41) is 4.29. The molecule has 9 rings (SSSR count). The van der Waals surface area contributed by atoms with Crippen LogP contribution < -0.4 is 14.5 Å². The van der Waals surface area contributed by atoms with Crippen molar-refractivity contribution in [2.24, 2.45) is 0 Å². The Morgan fingerprint density at radius 3 is 2.25 bits per heavy atom. The Bertz CT molecular complexity index is 2610. The Hall–Kier alpha value is -5.06. The molecule has 0 bridgehead atoms. The minimum Gasteiger partial charge on any atom is -0.509 e. The van der Waals surface area contributed by atoms with Crippen molar-refractivity contribution in [3.05, 3.63) is 134 Å². The van der Waals surface area contributed by atoms with Crippen molar-refractivity contribution in [3.8, 4) is 17.3 Å². The maximum absolute atomic E-state index is 6.56. The van der Waals surface area contributed by atoms with E-state index in [1.807, 2.05) is 36.5 Å². The predicted octanol–water partition coefficient (Wildman–Crippen LogP) is 11.6. The van der Waals surface area contributed by atoms with Gasteiger partial charge in [0.25, 0.3) is 0 Å². The summed E-state index contributed by atoms with van der Waals surface area (Å²) in [6.45, 7) is 15.5. The number of fused-ring (bicyclic) bond motifs is 8. The molecular formula is C44H37N4O2Pt-3. The first kappa shape index (κ1) is 33.1. The van der Waals surface area contributed by atoms with Crippen LogP contribution in [0.1, 0.15) is 47.1 Å². The van der Waals surface area contributed by atoms with E-state index in [0.717, 1.165) is 66.6 Å². The summed E-state index contributed by atoms with van der Waals surface area (Å²) in [6.07, 6.45) is 1.90. The van der Waals surface area contributed by atoms with Crippen molar-refractivity contribution in [2.75, 3.05) is 9.80 Å². The summed E-state index contributed by atoms with van der Waals surface area (Å²) < 4.78 is 15.1. The summed E-state index contributed by atoms with van der Waals surface area (Å²) >= 11 is 0. The first-order valence-corrected chi connectivity index (χ1v) is 17.0. The van der Waals surface area contributed by atoms with Gasteiger partial charge >= 0.3 is 0 Å². The Morgan fingerprint density at radius 1 is 0.706 bits per heavy atom. The fourth-order valence-corrected chi connectivity index (χ4v) is 7.11. The van der Waals surface area contributed by atoms with Crippen LogP contribution in [0.25, 0.3) is 49.6 Å². The van der Waals surface area contributed by atoms with E-state index in [1.165, 1.54) is 5.56 Å². The number of nitrogens with zero attached hydrogens (tertiary/aromatic N) is 4. The normalized spacial score (nSPS) is 13.4. The Morgan fingerprint density at radius 2 is 1.45 bits per heavy atom. The number of benzene rings is 5. The van der Waals surface area contributed by atoms with Crippen LogP contribution in [0.3, 0.4) is 0 Å². The van der Waals surface area contributed by atoms with Crippen LogP contribution >= 0.6 is 0 Å². The average molecular weight is 849 g/mol. The van der Waals surface area contributed by atoms with Crippen LogP contribution in [-0.4, -0.2) is 15.1 Å². The number of para-hydroxylation sites is 3. The molecule has 0 atom stereocenters. The van der Waals surface area contributed by atoms with Crippen LogP contribution in [-0.2, 0) is 26.5 Å². The second-order valence-electron chi connectivity index (χ2n) is 15.0. The van der Waals surface area contributed by atoms with Crippen LogP contribution in [0.4, 0.5) is 17.1 Å². The number of ether oxygens (including phenoxy) is 1. The quantitative estimate of drug-likeness (QED) is 0.165. The van der Waals surface area contributed by atoms with Gasteiger partial charge in [-0.2, -0.15) is 18.8 Å². The van der Waals surface area contributed by atoms with Gasteiger partial charge in [-0.05, 0) is 73.5 Å².